The second-order valence-electron chi connectivity index (χ2n) is 2.37. The monoisotopic (exact) mass is 291 g/mol. The van der Waals surface area contributed by atoms with E-state index in [2.05, 4.69) is 9.05 Å². The molecule has 5 nitrogen and oxygen atoms in total. The summed E-state index contributed by atoms with van der Waals surface area (Å²) in [6.45, 7) is -1.48. The fourth-order valence-corrected chi connectivity index (χ4v) is 2.77. The molecule has 0 amide bonds. The predicted molar refractivity (Wildman–Crippen MR) is 44.2 cm³/mol. The average molecular weight is 291 g/mol. The van der Waals surface area contributed by atoms with Crippen molar-refractivity contribution in [3.8, 4) is 0 Å². The Balaban J connectivity index is 4.36. The van der Waals surface area contributed by atoms with E-state index < -0.39 is 35.1 Å². The molecule has 12 heteroatoms. The third kappa shape index (κ3) is 8.18. The van der Waals surface area contributed by atoms with Gasteiger partial charge in [0.1, 0.15) is 0 Å². The smallest absolute Gasteiger partial charge is 0.294 e. The topological polar surface area (TPSA) is 64.6 Å². The van der Waals surface area contributed by atoms with Crippen molar-refractivity contribution in [2.45, 2.75) is 13.1 Å². The minimum Gasteiger partial charge on any atom is -0.294 e. The molecule has 16 heavy (non-hydrogen) atoms. The molecular formula is C4H8F5NO4P2. The van der Waals surface area contributed by atoms with Gasteiger partial charge in [-0.25, -0.2) is 9.13 Å². The molecule has 98 valence electrons. The van der Waals surface area contributed by atoms with Crippen molar-refractivity contribution in [3.63, 3.8) is 0 Å². The van der Waals surface area contributed by atoms with E-state index in [4.69, 9.17) is 0 Å². The summed E-state index contributed by atoms with van der Waals surface area (Å²) < 4.78 is 88.1. The lowest BCUT2D eigenvalue weighted by Crippen LogP contribution is -2.18. The highest BCUT2D eigenvalue weighted by atomic mass is 31.3. The summed E-state index contributed by atoms with van der Waals surface area (Å²) in [5.74, 6) is 0. The van der Waals surface area contributed by atoms with Crippen molar-refractivity contribution in [2.24, 2.45) is 0 Å². The molecule has 0 bridgehead atoms. The van der Waals surface area contributed by atoms with Gasteiger partial charge >= 0.3 is 21.8 Å². The standard InChI is InChI=1S/C4H8F5NO4P2/c1-2-13-15(8,11)10-16(9,12)14-3-4(5,6)7/h2-3H2,1H3,(H,10,11,12). The van der Waals surface area contributed by atoms with Crippen LogP contribution < -0.4 is 4.86 Å². The van der Waals surface area contributed by atoms with E-state index in [1.807, 2.05) is 0 Å². The Morgan fingerprint density at radius 3 is 1.94 bits per heavy atom. The first-order valence-electron chi connectivity index (χ1n) is 3.72. The Morgan fingerprint density at radius 2 is 1.56 bits per heavy atom. The van der Waals surface area contributed by atoms with Gasteiger partial charge in [0.25, 0.3) is 0 Å². The van der Waals surface area contributed by atoms with Crippen LogP contribution in [-0.2, 0) is 18.2 Å². The van der Waals surface area contributed by atoms with Crippen LogP contribution in [0, 0.1) is 0 Å². The van der Waals surface area contributed by atoms with E-state index in [1.54, 1.807) is 0 Å². The zero-order valence-corrected chi connectivity index (χ0v) is 9.62. The molecule has 0 aromatic heterocycles. The summed E-state index contributed by atoms with van der Waals surface area (Å²) in [6, 6.07) is 0. The maximum Gasteiger partial charge on any atom is 0.452 e. The number of alkyl halides is 3. The number of hydrogen-bond acceptors (Lipinski definition) is 4. The van der Waals surface area contributed by atoms with Crippen molar-refractivity contribution in [3.05, 3.63) is 0 Å². The Bertz CT molecular complexity index is 320. The van der Waals surface area contributed by atoms with E-state index in [-0.39, 0.29) is 0 Å². The molecule has 0 spiro atoms. The van der Waals surface area contributed by atoms with Crippen LogP contribution in [0.2, 0.25) is 0 Å². The summed E-state index contributed by atoms with van der Waals surface area (Å²) in [7, 11) is -10.9. The zero-order chi connectivity index (χ0) is 13.0. The maximum absolute atomic E-state index is 12.7. The molecule has 0 saturated carbocycles. The molecule has 0 saturated heterocycles. The van der Waals surface area contributed by atoms with E-state index in [1.165, 1.54) is 6.92 Å². The maximum atomic E-state index is 12.7. The highest BCUT2D eigenvalue weighted by Crippen LogP contribution is 2.58. The van der Waals surface area contributed by atoms with Gasteiger partial charge in [0.2, 0.25) is 0 Å². The molecule has 0 aliphatic rings. The van der Waals surface area contributed by atoms with Crippen LogP contribution in [0.3, 0.4) is 0 Å². The Labute approximate surface area is 87.5 Å². The molecule has 2 atom stereocenters. The zero-order valence-electron chi connectivity index (χ0n) is 7.83. The highest BCUT2D eigenvalue weighted by molar-refractivity contribution is 7.67. The van der Waals surface area contributed by atoms with Crippen molar-refractivity contribution >= 4 is 15.7 Å². The fraction of sp³-hybridized carbons (Fsp3) is 1.00. The lowest BCUT2D eigenvalue weighted by molar-refractivity contribution is -0.154. The largest absolute Gasteiger partial charge is 0.452 e. The van der Waals surface area contributed by atoms with Crippen LogP contribution in [0.4, 0.5) is 21.6 Å². The second-order valence-corrected chi connectivity index (χ2v) is 5.60. The molecule has 0 aromatic rings. The summed E-state index contributed by atoms with van der Waals surface area (Å²) in [5.41, 5.74) is 0. The number of rotatable bonds is 6. The van der Waals surface area contributed by atoms with Gasteiger partial charge in [-0.1, -0.05) is 0 Å². The summed E-state index contributed by atoms with van der Waals surface area (Å²) in [5, 5.41) is 0. The Morgan fingerprint density at radius 1 is 1.12 bits per heavy atom. The third-order valence-corrected chi connectivity index (χ3v) is 3.89. The van der Waals surface area contributed by atoms with Gasteiger partial charge in [-0.2, -0.15) is 13.2 Å². The van der Waals surface area contributed by atoms with Gasteiger partial charge in [-0.3, -0.25) is 9.05 Å². The summed E-state index contributed by atoms with van der Waals surface area (Å²) in [6.07, 6.45) is -4.95. The molecule has 0 aliphatic heterocycles. The quantitative estimate of drug-likeness (QED) is 0.600. The molecule has 0 fully saturated rings. The van der Waals surface area contributed by atoms with Gasteiger partial charge in [0, 0.05) is 0 Å². The number of nitrogens with one attached hydrogen (secondary N) is 1. The normalized spacial score (nSPS) is 20.1. The van der Waals surface area contributed by atoms with Gasteiger partial charge in [0.15, 0.2) is 6.61 Å². The van der Waals surface area contributed by atoms with Gasteiger partial charge in [-0.15, -0.1) is 13.3 Å². The van der Waals surface area contributed by atoms with Crippen LogP contribution >= 0.6 is 15.7 Å². The van der Waals surface area contributed by atoms with Crippen LogP contribution in [0.5, 0.6) is 0 Å². The van der Waals surface area contributed by atoms with E-state index in [9.17, 15) is 30.7 Å². The van der Waals surface area contributed by atoms with Crippen molar-refractivity contribution in [1.82, 2.24) is 4.86 Å². The van der Waals surface area contributed by atoms with Gasteiger partial charge in [0.05, 0.1) is 6.61 Å². The molecular weight excluding hydrogens is 283 g/mol. The molecule has 0 radical (unpaired) electrons. The van der Waals surface area contributed by atoms with Crippen molar-refractivity contribution in [1.29, 1.82) is 0 Å². The van der Waals surface area contributed by atoms with E-state index >= 15 is 0 Å². The molecule has 0 aliphatic carbocycles. The van der Waals surface area contributed by atoms with Crippen molar-refractivity contribution < 1.29 is 39.7 Å². The molecule has 0 heterocycles. The third-order valence-electron chi connectivity index (χ3n) is 0.928. The summed E-state index contributed by atoms with van der Waals surface area (Å²) >= 11 is 0. The molecule has 0 rings (SSSR count). The fourth-order valence-electron chi connectivity index (χ4n) is 0.523. The minimum atomic E-state index is -5.67. The van der Waals surface area contributed by atoms with Crippen LogP contribution in [0.15, 0.2) is 0 Å². The van der Waals surface area contributed by atoms with Crippen LogP contribution in [0.1, 0.15) is 6.92 Å². The lowest BCUT2D eigenvalue weighted by Gasteiger charge is -2.14. The lowest BCUT2D eigenvalue weighted by atomic mass is 10.7. The first kappa shape index (κ1) is 16.0. The molecule has 0 aromatic carbocycles. The molecule has 2 unspecified atom stereocenters. The SMILES string of the molecule is CCOP(=O)(F)NP(=O)(F)OCC(F)(F)F. The first-order chi connectivity index (χ1) is 6.97. The number of halogens is 5. The first-order valence-corrected chi connectivity index (χ1v) is 6.75. The second kappa shape index (κ2) is 5.55. The number of hydrogen-bond donors (Lipinski definition) is 1. The van der Waals surface area contributed by atoms with E-state index in [0.29, 0.717) is 4.86 Å². The minimum absolute atomic E-state index is 0.458. The highest BCUT2D eigenvalue weighted by Gasteiger charge is 2.39. The van der Waals surface area contributed by atoms with Crippen LogP contribution in [0.25, 0.3) is 0 Å². The van der Waals surface area contributed by atoms with Crippen molar-refractivity contribution in [2.75, 3.05) is 13.2 Å². The van der Waals surface area contributed by atoms with E-state index in [0.717, 1.165) is 0 Å². The summed E-state index contributed by atoms with van der Waals surface area (Å²) in [4.78, 5) is 0.639. The Kier molecular flexibility index (Phi) is 5.55. The average Bonchev–Trinajstić information content (AvgIpc) is 1.97. The van der Waals surface area contributed by atoms with Gasteiger partial charge in [-0.05, 0) is 6.92 Å². The molecule has 1 N–H and O–H groups in total. The predicted octanol–water partition coefficient (Wildman–Crippen LogP) is 3.35. The van der Waals surface area contributed by atoms with Gasteiger partial charge < -0.3 is 0 Å². The Hall–Kier alpha value is -0.0100. The van der Waals surface area contributed by atoms with Crippen LogP contribution in [-0.4, -0.2) is 19.4 Å².